The summed E-state index contributed by atoms with van der Waals surface area (Å²) in [6.07, 6.45) is 0.551. The van der Waals surface area contributed by atoms with E-state index < -0.39 is 12.8 Å². The average molecular weight is 297 g/mol. The molecule has 0 aliphatic carbocycles. The molecule has 0 unspecified atom stereocenters. The quantitative estimate of drug-likeness (QED) is 0.855. The first-order valence-corrected chi connectivity index (χ1v) is 7.31. The Morgan fingerprint density at radius 3 is 2.81 bits per heavy atom. The van der Waals surface area contributed by atoms with Gasteiger partial charge in [0.1, 0.15) is 18.6 Å². The van der Waals surface area contributed by atoms with Crippen molar-refractivity contribution in [3.8, 4) is 0 Å². The summed E-state index contributed by atoms with van der Waals surface area (Å²) in [6.45, 7) is 2.77. The molecule has 0 bridgehead atoms. The van der Waals surface area contributed by atoms with E-state index in [9.17, 15) is 13.6 Å². The number of alkyl halides is 1. The van der Waals surface area contributed by atoms with Gasteiger partial charge in [0.05, 0.1) is 0 Å². The van der Waals surface area contributed by atoms with Crippen LogP contribution in [0.1, 0.15) is 31.2 Å². The maximum atomic E-state index is 12.9. The Labute approximate surface area is 123 Å². The maximum absolute atomic E-state index is 12.9. The fraction of sp³-hybridized carbons (Fsp3) is 0.562. The Morgan fingerprint density at radius 2 is 2.14 bits per heavy atom. The zero-order chi connectivity index (χ0) is 15.2. The lowest BCUT2D eigenvalue weighted by Crippen LogP contribution is -2.38. The van der Waals surface area contributed by atoms with Crippen LogP contribution in [0, 0.1) is 5.82 Å². The van der Waals surface area contributed by atoms with Gasteiger partial charge in [0.2, 0.25) is 5.91 Å². The predicted octanol–water partition coefficient (Wildman–Crippen LogP) is 2.91. The van der Waals surface area contributed by atoms with Crippen molar-refractivity contribution < 1.29 is 18.3 Å². The van der Waals surface area contributed by atoms with Crippen molar-refractivity contribution in [3.05, 3.63) is 35.6 Å². The standard InChI is InChI=1S/C16H21F2NO2/c1-12(13-3-5-14(18)6-4-13)9-16(20)19-7-2-8-21-15(10-17)11-19/h3-6,12,15H,2,7-11H2,1H3/t12-,15-/m0/s1. The van der Waals surface area contributed by atoms with Crippen molar-refractivity contribution in [1.82, 2.24) is 4.90 Å². The van der Waals surface area contributed by atoms with Gasteiger partial charge in [0.15, 0.2) is 0 Å². The van der Waals surface area contributed by atoms with Crippen LogP contribution in [0.15, 0.2) is 24.3 Å². The average Bonchev–Trinajstić information content (AvgIpc) is 2.73. The summed E-state index contributed by atoms with van der Waals surface area (Å²) in [5, 5.41) is 0. The molecule has 1 heterocycles. The molecule has 1 aromatic carbocycles. The fourth-order valence-electron chi connectivity index (χ4n) is 2.52. The number of ether oxygens (including phenoxy) is 1. The summed E-state index contributed by atoms with van der Waals surface area (Å²) >= 11 is 0. The van der Waals surface area contributed by atoms with Crippen molar-refractivity contribution in [2.45, 2.75) is 31.8 Å². The van der Waals surface area contributed by atoms with E-state index in [1.54, 1.807) is 17.0 Å². The molecule has 5 heteroatoms. The fourth-order valence-corrected chi connectivity index (χ4v) is 2.52. The minimum Gasteiger partial charge on any atom is -0.374 e. The van der Waals surface area contributed by atoms with E-state index in [4.69, 9.17) is 4.74 Å². The van der Waals surface area contributed by atoms with Gasteiger partial charge in [0, 0.05) is 26.1 Å². The highest BCUT2D eigenvalue weighted by molar-refractivity contribution is 5.77. The molecule has 1 aromatic rings. The highest BCUT2D eigenvalue weighted by atomic mass is 19.1. The minimum absolute atomic E-state index is 0.00391. The third-order valence-electron chi connectivity index (χ3n) is 3.79. The highest BCUT2D eigenvalue weighted by Gasteiger charge is 2.23. The van der Waals surface area contributed by atoms with Crippen LogP contribution < -0.4 is 0 Å². The zero-order valence-corrected chi connectivity index (χ0v) is 12.2. The third kappa shape index (κ3) is 4.49. The van der Waals surface area contributed by atoms with E-state index in [-0.39, 0.29) is 17.6 Å². The molecule has 0 spiro atoms. The molecule has 0 radical (unpaired) electrons. The van der Waals surface area contributed by atoms with Crippen molar-refractivity contribution in [2.24, 2.45) is 0 Å². The van der Waals surface area contributed by atoms with Gasteiger partial charge in [0.25, 0.3) is 0 Å². The van der Waals surface area contributed by atoms with E-state index in [1.807, 2.05) is 6.92 Å². The second kappa shape index (κ2) is 7.50. The summed E-state index contributed by atoms with van der Waals surface area (Å²) in [5.74, 6) is -0.283. The molecule has 2 rings (SSSR count). The van der Waals surface area contributed by atoms with Crippen molar-refractivity contribution in [1.29, 1.82) is 0 Å². The molecule has 21 heavy (non-hydrogen) atoms. The van der Waals surface area contributed by atoms with Gasteiger partial charge >= 0.3 is 0 Å². The number of nitrogens with zero attached hydrogens (tertiary/aromatic N) is 1. The molecule has 1 amide bonds. The predicted molar refractivity (Wildman–Crippen MR) is 76.3 cm³/mol. The Kier molecular flexibility index (Phi) is 5.67. The van der Waals surface area contributed by atoms with Crippen LogP contribution in [-0.2, 0) is 9.53 Å². The Hall–Kier alpha value is -1.49. The second-order valence-electron chi connectivity index (χ2n) is 5.50. The Bertz CT molecular complexity index is 464. The van der Waals surface area contributed by atoms with Crippen LogP contribution in [-0.4, -0.2) is 43.3 Å². The first-order chi connectivity index (χ1) is 10.1. The molecule has 1 aliphatic rings. The largest absolute Gasteiger partial charge is 0.374 e. The SMILES string of the molecule is C[C@@H](CC(=O)N1CCCO[C@@H](CF)C1)c1ccc(F)cc1. The highest BCUT2D eigenvalue weighted by Crippen LogP contribution is 2.21. The summed E-state index contributed by atoms with van der Waals surface area (Å²) < 4.78 is 31.0. The lowest BCUT2D eigenvalue weighted by molar-refractivity contribution is -0.132. The molecule has 116 valence electrons. The Balaban J connectivity index is 1.94. The molecular weight excluding hydrogens is 276 g/mol. The molecule has 0 aromatic heterocycles. The first kappa shape index (κ1) is 15.9. The van der Waals surface area contributed by atoms with E-state index in [2.05, 4.69) is 0 Å². The van der Waals surface area contributed by atoms with Gasteiger partial charge < -0.3 is 9.64 Å². The molecule has 0 saturated carbocycles. The van der Waals surface area contributed by atoms with Crippen LogP contribution in [0.3, 0.4) is 0 Å². The van der Waals surface area contributed by atoms with E-state index in [0.717, 1.165) is 12.0 Å². The molecule has 1 saturated heterocycles. The van der Waals surface area contributed by atoms with Gasteiger partial charge in [-0.15, -0.1) is 0 Å². The molecular formula is C16H21F2NO2. The number of amides is 1. The minimum atomic E-state index is -0.572. The van der Waals surface area contributed by atoms with Crippen LogP contribution >= 0.6 is 0 Å². The second-order valence-corrected chi connectivity index (χ2v) is 5.50. The smallest absolute Gasteiger partial charge is 0.223 e. The molecule has 0 N–H and O–H groups in total. The van der Waals surface area contributed by atoms with Crippen LogP contribution in [0.4, 0.5) is 8.78 Å². The molecule has 1 aliphatic heterocycles. The van der Waals surface area contributed by atoms with Gasteiger partial charge in [-0.3, -0.25) is 4.79 Å². The van der Waals surface area contributed by atoms with E-state index in [0.29, 0.717) is 26.1 Å². The lowest BCUT2D eigenvalue weighted by Gasteiger charge is -2.24. The summed E-state index contributed by atoms with van der Waals surface area (Å²) in [7, 11) is 0. The number of hydrogen-bond acceptors (Lipinski definition) is 2. The Morgan fingerprint density at radius 1 is 1.43 bits per heavy atom. The number of benzene rings is 1. The molecule has 2 atom stereocenters. The lowest BCUT2D eigenvalue weighted by atomic mass is 9.97. The number of carbonyl (C=O) groups is 1. The van der Waals surface area contributed by atoms with Crippen LogP contribution in [0.2, 0.25) is 0 Å². The number of carbonyl (C=O) groups excluding carboxylic acids is 1. The summed E-state index contributed by atoms with van der Waals surface area (Å²) in [4.78, 5) is 14.0. The number of hydrogen-bond donors (Lipinski definition) is 0. The van der Waals surface area contributed by atoms with Crippen LogP contribution in [0.5, 0.6) is 0 Å². The monoisotopic (exact) mass is 297 g/mol. The molecule has 3 nitrogen and oxygen atoms in total. The van der Waals surface area contributed by atoms with Crippen molar-refractivity contribution >= 4 is 5.91 Å². The number of rotatable bonds is 4. The topological polar surface area (TPSA) is 29.5 Å². The molecule has 1 fully saturated rings. The van der Waals surface area contributed by atoms with E-state index in [1.165, 1.54) is 12.1 Å². The number of halogens is 2. The van der Waals surface area contributed by atoms with Crippen molar-refractivity contribution in [2.75, 3.05) is 26.4 Å². The third-order valence-corrected chi connectivity index (χ3v) is 3.79. The normalized spacial score (nSPS) is 20.9. The van der Waals surface area contributed by atoms with Crippen LogP contribution in [0.25, 0.3) is 0 Å². The summed E-state index contributed by atoms with van der Waals surface area (Å²) in [6, 6.07) is 6.19. The van der Waals surface area contributed by atoms with E-state index >= 15 is 0 Å². The van der Waals surface area contributed by atoms with Gasteiger partial charge in [-0.2, -0.15) is 0 Å². The van der Waals surface area contributed by atoms with Gasteiger partial charge in [-0.1, -0.05) is 19.1 Å². The first-order valence-electron chi connectivity index (χ1n) is 7.31. The van der Waals surface area contributed by atoms with Crippen molar-refractivity contribution in [3.63, 3.8) is 0 Å². The maximum Gasteiger partial charge on any atom is 0.223 e. The van der Waals surface area contributed by atoms with Gasteiger partial charge in [-0.05, 0) is 30.0 Å². The zero-order valence-electron chi connectivity index (χ0n) is 12.2. The summed E-state index contributed by atoms with van der Waals surface area (Å²) in [5.41, 5.74) is 0.929. The van der Waals surface area contributed by atoms with Gasteiger partial charge in [-0.25, -0.2) is 8.78 Å².